The molecular formula is C35H49NO2. The van der Waals surface area contributed by atoms with Crippen LogP contribution in [-0.4, -0.2) is 35.0 Å². The molecule has 5 fully saturated rings. The number of nitrogens with zero attached hydrogens (tertiary/aromatic N) is 1. The minimum atomic E-state index is 0.00358. The van der Waals surface area contributed by atoms with E-state index in [1.807, 2.05) is 5.57 Å². The zero-order valence-corrected chi connectivity index (χ0v) is 24.3. The molecule has 3 saturated carbocycles. The van der Waals surface area contributed by atoms with Gasteiger partial charge in [0, 0.05) is 37.9 Å². The van der Waals surface area contributed by atoms with Crippen LogP contribution in [-0.2, 0) is 16.1 Å². The number of rotatable bonds is 2. The lowest BCUT2D eigenvalue weighted by atomic mass is 9.52. The third kappa shape index (κ3) is 3.92. The fraction of sp³-hybridized carbons (Fsp3) is 0.743. The van der Waals surface area contributed by atoms with Crippen LogP contribution in [0.1, 0.15) is 97.5 Å². The molecule has 1 aromatic rings. The molecule has 0 aromatic heterocycles. The molecule has 3 nitrogen and oxygen atoms in total. The number of carbonyl (C=O) groups excluding carboxylic acids is 1. The summed E-state index contributed by atoms with van der Waals surface area (Å²) in [6.07, 6.45) is 12.0. The van der Waals surface area contributed by atoms with Crippen molar-refractivity contribution in [3.05, 3.63) is 47.0 Å². The molecule has 0 N–H and O–H groups in total. The summed E-state index contributed by atoms with van der Waals surface area (Å²) in [5, 5.41) is 0. The topological polar surface area (TPSA) is 29.5 Å². The maximum Gasteiger partial charge on any atom is 0.133 e. The number of fused-ring (bicyclic) bond motifs is 6. The van der Waals surface area contributed by atoms with E-state index < -0.39 is 0 Å². The number of piperidine rings is 1. The number of ether oxygens (including phenoxy) is 1. The lowest BCUT2D eigenvalue weighted by Crippen LogP contribution is -2.51. The highest BCUT2D eigenvalue weighted by Gasteiger charge is 2.60. The van der Waals surface area contributed by atoms with E-state index in [-0.39, 0.29) is 5.60 Å². The second-order valence-electron chi connectivity index (χ2n) is 14.9. The Morgan fingerprint density at radius 2 is 1.87 bits per heavy atom. The highest BCUT2D eigenvalue weighted by atomic mass is 16.5. The van der Waals surface area contributed by atoms with Crippen molar-refractivity contribution >= 4 is 5.78 Å². The van der Waals surface area contributed by atoms with Gasteiger partial charge in [-0.2, -0.15) is 0 Å². The van der Waals surface area contributed by atoms with Gasteiger partial charge in [-0.1, -0.05) is 62.2 Å². The molecule has 38 heavy (non-hydrogen) atoms. The van der Waals surface area contributed by atoms with Crippen LogP contribution < -0.4 is 0 Å². The molecule has 2 aliphatic heterocycles. The van der Waals surface area contributed by atoms with Gasteiger partial charge < -0.3 is 4.74 Å². The Morgan fingerprint density at radius 3 is 2.68 bits per heavy atom. The molecule has 1 aromatic carbocycles. The Labute approximate surface area is 230 Å². The molecule has 2 heterocycles. The van der Waals surface area contributed by atoms with Crippen LogP contribution in [0.3, 0.4) is 0 Å². The van der Waals surface area contributed by atoms with Gasteiger partial charge in [0.2, 0.25) is 0 Å². The summed E-state index contributed by atoms with van der Waals surface area (Å²) in [6.45, 7) is 12.2. The van der Waals surface area contributed by atoms with Crippen molar-refractivity contribution in [2.75, 3.05) is 6.54 Å². The SMILES string of the molecule is CC1=C2C[C@H]3[C@@H](CC[C@@H]4CC(=O)CC[C@@]43C)[C@@H]2CC[C@@]2(C1)O[C@@H]1C[C@H](C)CN(Cc3ccccc3)[C@H]1[C@H]2C. The summed E-state index contributed by atoms with van der Waals surface area (Å²) in [6, 6.07) is 11.6. The predicted molar refractivity (Wildman–Crippen MR) is 153 cm³/mol. The zero-order chi connectivity index (χ0) is 26.2. The highest BCUT2D eigenvalue weighted by molar-refractivity contribution is 5.79. The first-order valence-corrected chi connectivity index (χ1v) is 15.9. The van der Waals surface area contributed by atoms with Crippen molar-refractivity contribution in [2.45, 2.75) is 116 Å². The Balaban J connectivity index is 1.15. The molecule has 7 rings (SSSR count). The molecule has 0 amide bonds. The average molecular weight is 516 g/mol. The van der Waals surface area contributed by atoms with Crippen LogP contribution >= 0.6 is 0 Å². The Hall–Kier alpha value is -1.45. The quantitative estimate of drug-likeness (QED) is 0.380. The molecule has 0 bridgehead atoms. The summed E-state index contributed by atoms with van der Waals surface area (Å²) in [7, 11) is 0. The van der Waals surface area contributed by atoms with Crippen molar-refractivity contribution in [1.29, 1.82) is 0 Å². The van der Waals surface area contributed by atoms with Crippen molar-refractivity contribution in [1.82, 2.24) is 4.90 Å². The maximum atomic E-state index is 12.3. The minimum absolute atomic E-state index is 0.00358. The molecule has 3 heteroatoms. The van der Waals surface area contributed by atoms with Gasteiger partial charge in [0.05, 0.1) is 11.7 Å². The standard InChI is InChI=1S/C35H49NO2/c1-22-16-32-33(36(20-22)21-25-8-6-5-7-9-25)24(3)35(38-32)15-13-28-29-11-10-26-17-27(37)12-14-34(26,4)31(29)18-30(28)23(2)19-35/h5-9,22,24,26,28-29,31-33H,10-21H2,1-4H3/t22-,24+,26+,28-,29-,31-,32+,33-,34-,35-/m0/s1. The van der Waals surface area contributed by atoms with Crippen molar-refractivity contribution in [3.8, 4) is 0 Å². The molecule has 4 aliphatic carbocycles. The molecule has 1 spiro atoms. The molecule has 10 atom stereocenters. The average Bonchev–Trinajstić information content (AvgIpc) is 3.35. The number of hydrogen-bond donors (Lipinski definition) is 0. The molecule has 2 saturated heterocycles. The largest absolute Gasteiger partial charge is 0.369 e. The van der Waals surface area contributed by atoms with E-state index in [2.05, 4.69) is 62.9 Å². The van der Waals surface area contributed by atoms with Gasteiger partial charge in [0.15, 0.2) is 0 Å². The second-order valence-corrected chi connectivity index (χ2v) is 14.9. The van der Waals surface area contributed by atoms with Gasteiger partial charge in [-0.25, -0.2) is 0 Å². The number of carbonyl (C=O) groups is 1. The van der Waals surface area contributed by atoms with Crippen LogP contribution in [0.5, 0.6) is 0 Å². The summed E-state index contributed by atoms with van der Waals surface area (Å²) in [4.78, 5) is 15.1. The zero-order valence-electron chi connectivity index (χ0n) is 24.3. The van der Waals surface area contributed by atoms with Gasteiger partial charge in [-0.05, 0) is 98.9 Å². The lowest BCUT2D eigenvalue weighted by Gasteiger charge is -2.52. The van der Waals surface area contributed by atoms with Crippen LogP contribution in [0.25, 0.3) is 0 Å². The van der Waals surface area contributed by atoms with E-state index in [0.717, 1.165) is 50.0 Å². The molecular weight excluding hydrogens is 466 g/mol. The van der Waals surface area contributed by atoms with Crippen molar-refractivity contribution in [2.24, 2.45) is 40.9 Å². The number of hydrogen-bond acceptors (Lipinski definition) is 3. The number of ketones is 1. The molecule has 6 aliphatic rings. The molecule has 0 unspecified atom stereocenters. The van der Waals surface area contributed by atoms with Gasteiger partial charge in [0.1, 0.15) is 5.78 Å². The van der Waals surface area contributed by atoms with E-state index in [1.54, 1.807) is 5.57 Å². The van der Waals surface area contributed by atoms with Gasteiger partial charge in [0.25, 0.3) is 0 Å². The van der Waals surface area contributed by atoms with E-state index in [1.165, 1.54) is 50.6 Å². The molecule has 0 radical (unpaired) electrons. The van der Waals surface area contributed by atoms with Gasteiger partial charge >= 0.3 is 0 Å². The molecule has 206 valence electrons. The first kappa shape index (κ1) is 25.5. The van der Waals surface area contributed by atoms with Gasteiger partial charge in [-0.15, -0.1) is 0 Å². The summed E-state index contributed by atoms with van der Waals surface area (Å²) in [5.74, 6) is 4.80. The monoisotopic (exact) mass is 515 g/mol. The first-order chi connectivity index (χ1) is 18.3. The lowest BCUT2D eigenvalue weighted by molar-refractivity contribution is -0.129. The van der Waals surface area contributed by atoms with E-state index in [9.17, 15) is 4.79 Å². The number of Topliss-reactive ketones (excluding diaryl/α,β-unsaturated/α-hetero) is 1. The second kappa shape index (κ2) is 9.30. The van der Waals surface area contributed by atoms with Crippen LogP contribution in [0.2, 0.25) is 0 Å². The summed E-state index contributed by atoms with van der Waals surface area (Å²) >= 11 is 0. The Morgan fingerprint density at radius 1 is 1.05 bits per heavy atom. The maximum absolute atomic E-state index is 12.3. The van der Waals surface area contributed by atoms with Crippen LogP contribution in [0.15, 0.2) is 41.5 Å². The van der Waals surface area contributed by atoms with Crippen molar-refractivity contribution in [3.63, 3.8) is 0 Å². The third-order valence-electron chi connectivity index (χ3n) is 12.9. The number of likely N-dealkylation sites (tertiary alicyclic amines) is 1. The fourth-order valence-electron chi connectivity index (χ4n) is 11.0. The third-order valence-corrected chi connectivity index (χ3v) is 12.9. The van der Waals surface area contributed by atoms with E-state index >= 15 is 0 Å². The number of allylic oxidation sites excluding steroid dienone is 1. The first-order valence-electron chi connectivity index (χ1n) is 15.9. The van der Waals surface area contributed by atoms with Crippen LogP contribution in [0.4, 0.5) is 0 Å². The highest BCUT2D eigenvalue weighted by Crippen LogP contribution is 2.65. The van der Waals surface area contributed by atoms with E-state index in [4.69, 9.17) is 4.74 Å². The van der Waals surface area contributed by atoms with Gasteiger partial charge in [-0.3, -0.25) is 9.69 Å². The Kier molecular flexibility index (Phi) is 6.24. The summed E-state index contributed by atoms with van der Waals surface area (Å²) in [5.41, 5.74) is 5.30. The van der Waals surface area contributed by atoms with Crippen molar-refractivity contribution < 1.29 is 9.53 Å². The fourth-order valence-corrected chi connectivity index (χ4v) is 11.0. The Bertz CT molecular complexity index is 1110. The smallest absolute Gasteiger partial charge is 0.133 e. The minimum Gasteiger partial charge on any atom is -0.369 e. The van der Waals surface area contributed by atoms with Crippen LogP contribution in [0, 0.1) is 40.9 Å². The normalized spacial score (nSPS) is 46.9. The number of benzene rings is 1. The van der Waals surface area contributed by atoms with E-state index in [0.29, 0.717) is 41.1 Å². The summed E-state index contributed by atoms with van der Waals surface area (Å²) < 4.78 is 7.30. The predicted octanol–water partition coefficient (Wildman–Crippen LogP) is 7.59.